The summed E-state index contributed by atoms with van der Waals surface area (Å²) in [5, 5.41) is 6.81. The van der Waals surface area contributed by atoms with Gasteiger partial charge >= 0.3 is 5.97 Å². The molecule has 8 heteroatoms. The monoisotopic (exact) mass is 317 g/mol. The molecule has 0 aliphatic carbocycles. The lowest BCUT2D eigenvalue weighted by Gasteiger charge is -2.15. The number of carbonyl (C=O) groups excluding carboxylic acids is 2. The molecule has 0 aliphatic heterocycles. The maximum absolute atomic E-state index is 12.1. The number of carbonyl (C=O) groups is 2. The minimum Gasteiger partial charge on any atom is -0.448 e. The molecule has 0 fully saturated rings. The number of aromatic nitrogens is 4. The molecular weight excluding hydrogens is 298 g/mol. The van der Waals surface area contributed by atoms with Gasteiger partial charge in [0.25, 0.3) is 5.91 Å². The van der Waals surface area contributed by atoms with Crippen molar-refractivity contribution in [2.75, 3.05) is 5.32 Å². The Morgan fingerprint density at radius 2 is 1.96 bits per heavy atom. The SMILES string of the molecule is Cc1cnc(C(=O)O[C@H](C)C(=O)Nc2ccnn2C(C)C)cn1. The standard InChI is InChI=1S/C15H19N5O3/c1-9(2)20-13(5-6-18-20)19-14(21)11(4)23-15(22)12-8-16-10(3)7-17-12/h5-9,11H,1-4H3,(H,19,21)/t11-/m1/s1. The van der Waals surface area contributed by atoms with Crippen LogP contribution in [0.25, 0.3) is 0 Å². The number of hydrogen-bond acceptors (Lipinski definition) is 6. The molecule has 122 valence electrons. The van der Waals surface area contributed by atoms with E-state index in [1.54, 1.807) is 23.9 Å². The highest BCUT2D eigenvalue weighted by atomic mass is 16.5. The van der Waals surface area contributed by atoms with Crippen LogP contribution in [0.3, 0.4) is 0 Å². The van der Waals surface area contributed by atoms with Gasteiger partial charge in [-0.2, -0.15) is 5.10 Å². The van der Waals surface area contributed by atoms with Crippen LogP contribution in [-0.4, -0.2) is 37.7 Å². The minimum atomic E-state index is -0.971. The molecule has 0 aromatic carbocycles. The van der Waals surface area contributed by atoms with Crippen LogP contribution < -0.4 is 5.32 Å². The molecule has 8 nitrogen and oxygen atoms in total. The van der Waals surface area contributed by atoms with E-state index in [0.717, 1.165) is 0 Å². The van der Waals surface area contributed by atoms with Crippen molar-refractivity contribution in [3.8, 4) is 0 Å². The maximum Gasteiger partial charge on any atom is 0.359 e. The third-order valence-electron chi connectivity index (χ3n) is 3.05. The zero-order chi connectivity index (χ0) is 17.0. The van der Waals surface area contributed by atoms with E-state index in [1.807, 2.05) is 13.8 Å². The third-order valence-corrected chi connectivity index (χ3v) is 3.05. The molecule has 1 N–H and O–H groups in total. The molecule has 2 rings (SSSR count). The smallest absolute Gasteiger partial charge is 0.359 e. The second-order valence-corrected chi connectivity index (χ2v) is 5.33. The summed E-state index contributed by atoms with van der Waals surface area (Å²) in [6.45, 7) is 7.14. The molecule has 2 heterocycles. The Bertz CT molecular complexity index is 693. The second-order valence-electron chi connectivity index (χ2n) is 5.33. The number of ether oxygens (including phenoxy) is 1. The highest BCUT2D eigenvalue weighted by Crippen LogP contribution is 2.13. The third kappa shape index (κ3) is 4.12. The van der Waals surface area contributed by atoms with Gasteiger partial charge in [-0.3, -0.25) is 9.78 Å². The van der Waals surface area contributed by atoms with Crippen molar-refractivity contribution < 1.29 is 14.3 Å². The van der Waals surface area contributed by atoms with E-state index in [2.05, 4.69) is 20.4 Å². The van der Waals surface area contributed by atoms with Crippen molar-refractivity contribution in [2.24, 2.45) is 0 Å². The Kier molecular flexibility index (Phi) is 5.05. The number of amides is 1. The summed E-state index contributed by atoms with van der Waals surface area (Å²) in [5.74, 6) is -0.596. The molecule has 0 spiro atoms. The largest absolute Gasteiger partial charge is 0.448 e. The first-order valence-electron chi connectivity index (χ1n) is 7.22. The number of aryl methyl sites for hydroxylation is 1. The van der Waals surface area contributed by atoms with Crippen LogP contribution in [-0.2, 0) is 9.53 Å². The number of nitrogens with one attached hydrogen (secondary N) is 1. The van der Waals surface area contributed by atoms with Gasteiger partial charge in [-0.25, -0.2) is 14.5 Å². The number of hydrogen-bond donors (Lipinski definition) is 1. The molecule has 0 aliphatic rings. The van der Waals surface area contributed by atoms with Crippen molar-refractivity contribution in [3.63, 3.8) is 0 Å². The Morgan fingerprint density at radius 3 is 2.57 bits per heavy atom. The molecule has 1 amide bonds. The van der Waals surface area contributed by atoms with Crippen molar-refractivity contribution in [1.29, 1.82) is 0 Å². The minimum absolute atomic E-state index is 0.0578. The predicted molar refractivity (Wildman–Crippen MR) is 82.9 cm³/mol. The fourth-order valence-corrected chi connectivity index (χ4v) is 1.83. The van der Waals surface area contributed by atoms with Crippen molar-refractivity contribution >= 4 is 17.7 Å². The van der Waals surface area contributed by atoms with Crippen LogP contribution in [0.2, 0.25) is 0 Å². The van der Waals surface area contributed by atoms with Gasteiger partial charge in [-0.1, -0.05) is 0 Å². The summed E-state index contributed by atoms with van der Waals surface area (Å²) in [4.78, 5) is 32.0. The quantitative estimate of drug-likeness (QED) is 0.843. The number of nitrogens with zero attached hydrogens (tertiary/aromatic N) is 4. The zero-order valence-corrected chi connectivity index (χ0v) is 13.5. The molecular formula is C15H19N5O3. The average Bonchev–Trinajstić information content (AvgIpc) is 2.96. The Hall–Kier alpha value is -2.77. The summed E-state index contributed by atoms with van der Waals surface area (Å²) in [6, 6.07) is 1.78. The molecule has 23 heavy (non-hydrogen) atoms. The topological polar surface area (TPSA) is 99.0 Å². The molecule has 0 radical (unpaired) electrons. The van der Waals surface area contributed by atoms with E-state index < -0.39 is 18.0 Å². The molecule has 0 saturated heterocycles. The van der Waals surface area contributed by atoms with E-state index in [4.69, 9.17) is 4.74 Å². The first-order chi connectivity index (χ1) is 10.9. The zero-order valence-electron chi connectivity index (χ0n) is 13.5. The van der Waals surface area contributed by atoms with Crippen LogP contribution in [0.15, 0.2) is 24.7 Å². The average molecular weight is 317 g/mol. The highest BCUT2D eigenvalue weighted by Gasteiger charge is 2.21. The summed E-state index contributed by atoms with van der Waals surface area (Å²) < 4.78 is 6.77. The van der Waals surface area contributed by atoms with Crippen LogP contribution in [0.4, 0.5) is 5.82 Å². The summed E-state index contributed by atoms with van der Waals surface area (Å²) >= 11 is 0. The van der Waals surface area contributed by atoms with Gasteiger partial charge < -0.3 is 10.1 Å². The lowest BCUT2D eigenvalue weighted by Crippen LogP contribution is -2.31. The van der Waals surface area contributed by atoms with Crippen molar-refractivity contribution in [2.45, 2.75) is 39.8 Å². The predicted octanol–water partition coefficient (Wildman–Crippen LogP) is 1.75. The van der Waals surface area contributed by atoms with E-state index >= 15 is 0 Å². The van der Waals surface area contributed by atoms with Gasteiger partial charge in [0.2, 0.25) is 0 Å². The second kappa shape index (κ2) is 6.99. The first kappa shape index (κ1) is 16.6. The van der Waals surface area contributed by atoms with Crippen molar-refractivity contribution in [1.82, 2.24) is 19.7 Å². The van der Waals surface area contributed by atoms with Gasteiger partial charge in [0, 0.05) is 18.3 Å². The number of esters is 1. The molecule has 0 unspecified atom stereocenters. The summed E-state index contributed by atoms with van der Waals surface area (Å²) in [6.07, 6.45) is 3.40. The van der Waals surface area contributed by atoms with Crippen LogP contribution >= 0.6 is 0 Å². The van der Waals surface area contributed by atoms with E-state index in [9.17, 15) is 9.59 Å². The first-order valence-corrected chi connectivity index (χ1v) is 7.22. The van der Waals surface area contributed by atoms with Crippen LogP contribution in [0.1, 0.15) is 43.0 Å². The Balaban J connectivity index is 1.98. The van der Waals surface area contributed by atoms with Gasteiger partial charge in [-0.15, -0.1) is 0 Å². The van der Waals surface area contributed by atoms with Gasteiger partial charge in [0.1, 0.15) is 5.82 Å². The normalized spacial score (nSPS) is 12.0. The molecule has 1 atom stereocenters. The highest BCUT2D eigenvalue weighted by molar-refractivity contribution is 5.96. The lowest BCUT2D eigenvalue weighted by atomic mass is 10.3. The molecule has 2 aromatic heterocycles. The number of anilines is 1. The fraction of sp³-hybridized carbons (Fsp3) is 0.400. The van der Waals surface area contributed by atoms with E-state index in [-0.39, 0.29) is 11.7 Å². The molecule has 0 bridgehead atoms. The van der Waals surface area contributed by atoms with Crippen molar-refractivity contribution in [3.05, 3.63) is 36.0 Å². The fourth-order valence-electron chi connectivity index (χ4n) is 1.83. The van der Waals surface area contributed by atoms with Crippen LogP contribution in [0, 0.1) is 6.92 Å². The number of rotatable bonds is 5. The van der Waals surface area contributed by atoms with Gasteiger partial charge in [0.15, 0.2) is 11.8 Å². The van der Waals surface area contributed by atoms with Crippen LogP contribution in [0.5, 0.6) is 0 Å². The summed E-state index contributed by atoms with van der Waals surface area (Å²) in [5.41, 5.74) is 0.747. The van der Waals surface area contributed by atoms with E-state index in [0.29, 0.717) is 11.5 Å². The Morgan fingerprint density at radius 1 is 1.22 bits per heavy atom. The molecule has 2 aromatic rings. The lowest BCUT2D eigenvalue weighted by molar-refractivity contribution is -0.123. The Labute approximate surface area is 133 Å². The molecule has 0 saturated carbocycles. The van der Waals surface area contributed by atoms with E-state index in [1.165, 1.54) is 19.3 Å². The maximum atomic E-state index is 12.1. The van der Waals surface area contributed by atoms with Gasteiger partial charge in [0.05, 0.1) is 18.1 Å². The summed E-state index contributed by atoms with van der Waals surface area (Å²) in [7, 11) is 0. The van der Waals surface area contributed by atoms with Gasteiger partial charge in [-0.05, 0) is 27.7 Å².